The Kier molecular flexibility index (Phi) is 6.98. The molecule has 0 amide bonds. The molecule has 3 heteroatoms. The maximum atomic E-state index is 3.53. The van der Waals surface area contributed by atoms with E-state index < -0.39 is 0 Å². The van der Waals surface area contributed by atoms with Gasteiger partial charge in [0.15, 0.2) is 0 Å². The SMILES string of the molecule is CCCCN1CCNCCNCC1CC. The van der Waals surface area contributed by atoms with Crippen LogP contribution in [-0.2, 0) is 0 Å². The van der Waals surface area contributed by atoms with Crippen LogP contribution in [0.15, 0.2) is 0 Å². The molecule has 0 saturated carbocycles. The zero-order valence-corrected chi connectivity index (χ0v) is 10.4. The molecule has 0 bridgehead atoms. The van der Waals surface area contributed by atoms with Gasteiger partial charge in [-0.1, -0.05) is 20.3 Å². The van der Waals surface area contributed by atoms with Gasteiger partial charge in [0.05, 0.1) is 0 Å². The van der Waals surface area contributed by atoms with Crippen molar-refractivity contribution in [2.45, 2.75) is 39.2 Å². The molecule has 0 radical (unpaired) electrons. The molecule has 15 heavy (non-hydrogen) atoms. The minimum Gasteiger partial charge on any atom is -0.314 e. The Morgan fingerprint density at radius 3 is 2.67 bits per heavy atom. The molecule has 1 rings (SSSR count). The van der Waals surface area contributed by atoms with Gasteiger partial charge in [-0.05, 0) is 19.4 Å². The Bertz CT molecular complexity index is 150. The van der Waals surface area contributed by atoms with E-state index in [-0.39, 0.29) is 0 Å². The van der Waals surface area contributed by atoms with Crippen molar-refractivity contribution in [3.8, 4) is 0 Å². The van der Waals surface area contributed by atoms with Crippen LogP contribution >= 0.6 is 0 Å². The van der Waals surface area contributed by atoms with Crippen LogP contribution in [0.3, 0.4) is 0 Å². The maximum absolute atomic E-state index is 3.53. The summed E-state index contributed by atoms with van der Waals surface area (Å²) in [4.78, 5) is 2.65. The van der Waals surface area contributed by atoms with Crippen LogP contribution in [0.5, 0.6) is 0 Å². The lowest BCUT2D eigenvalue weighted by atomic mass is 10.1. The van der Waals surface area contributed by atoms with Gasteiger partial charge in [-0.3, -0.25) is 4.90 Å². The first kappa shape index (κ1) is 12.9. The van der Waals surface area contributed by atoms with Crippen LogP contribution < -0.4 is 10.6 Å². The van der Waals surface area contributed by atoms with Crippen LogP contribution in [0.1, 0.15) is 33.1 Å². The second kappa shape index (κ2) is 8.08. The van der Waals surface area contributed by atoms with Gasteiger partial charge in [-0.25, -0.2) is 0 Å². The van der Waals surface area contributed by atoms with E-state index >= 15 is 0 Å². The van der Waals surface area contributed by atoms with E-state index in [2.05, 4.69) is 29.4 Å². The van der Waals surface area contributed by atoms with Crippen molar-refractivity contribution in [3.63, 3.8) is 0 Å². The average molecular weight is 213 g/mol. The normalized spacial score (nSPS) is 25.6. The van der Waals surface area contributed by atoms with Gasteiger partial charge >= 0.3 is 0 Å². The smallest absolute Gasteiger partial charge is 0.0218 e. The van der Waals surface area contributed by atoms with E-state index in [1.54, 1.807) is 0 Å². The molecule has 2 N–H and O–H groups in total. The van der Waals surface area contributed by atoms with Crippen molar-refractivity contribution >= 4 is 0 Å². The fourth-order valence-electron chi connectivity index (χ4n) is 2.16. The second-order valence-corrected chi connectivity index (χ2v) is 4.41. The van der Waals surface area contributed by atoms with Crippen LogP contribution in [0.25, 0.3) is 0 Å². The summed E-state index contributed by atoms with van der Waals surface area (Å²) in [5.74, 6) is 0. The van der Waals surface area contributed by atoms with Gasteiger partial charge in [-0.15, -0.1) is 0 Å². The van der Waals surface area contributed by atoms with Gasteiger partial charge in [-0.2, -0.15) is 0 Å². The van der Waals surface area contributed by atoms with Gasteiger partial charge in [0.1, 0.15) is 0 Å². The van der Waals surface area contributed by atoms with Gasteiger partial charge in [0.25, 0.3) is 0 Å². The zero-order valence-electron chi connectivity index (χ0n) is 10.4. The van der Waals surface area contributed by atoms with Crippen LogP contribution in [0, 0.1) is 0 Å². The quantitative estimate of drug-likeness (QED) is 0.731. The molecule has 1 aliphatic heterocycles. The third-order valence-electron chi connectivity index (χ3n) is 3.22. The van der Waals surface area contributed by atoms with Crippen molar-refractivity contribution < 1.29 is 0 Å². The van der Waals surface area contributed by atoms with E-state index in [4.69, 9.17) is 0 Å². The Labute approximate surface area is 94.6 Å². The van der Waals surface area contributed by atoms with Crippen molar-refractivity contribution in [2.24, 2.45) is 0 Å². The zero-order chi connectivity index (χ0) is 10.9. The summed E-state index contributed by atoms with van der Waals surface area (Å²) in [5, 5.41) is 7.00. The third kappa shape index (κ3) is 4.96. The molecule has 0 aromatic rings. The highest BCUT2D eigenvalue weighted by Crippen LogP contribution is 2.05. The molecule has 0 spiro atoms. The summed E-state index contributed by atoms with van der Waals surface area (Å²) < 4.78 is 0. The third-order valence-corrected chi connectivity index (χ3v) is 3.22. The molecule has 3 nitrogen and oxygen atoms in total. The van der Waals surface area contributed by atoms with Crippen LogP contribution in [0.2, 0.25) is 0 Å². The summed E-state index contributed by atoms with van der Waals surface area (Å²) in [7, 11) is 0. The Morgan fingerprint density at radius 1 is 1.13 bits per heavy atom. The highest BCUT2D eigenvalue weighted by Gasteiger charge is 2.16. The van der Waals surface area contributed by atoms with Crippen molar-refractivity contribution in [1.29, 1.82) is 0 Å². The van der Waals surface area contributed by atoms with E-state index in [0.717, 1.165) is 32.2 Å². The highest BCUT2D eigenvalue weighted by atomic mass is 15.2. The van der Waals surface area contributed by atoms with E-state index in [1.807, 2.05) is 0 Å². The minimum absolute atomic E-state index is 0.733. The molecule has 1 atom stereocenters. The summed E-state index contributed by atoms with van der Waals surface area (Å²) in [6, 6.07) is 0.733. The highest BCUT2D eigenvalue weighted by molar-refractivity contribution is 4.75. The molecular weight excluding hydrogens is 186 g/mol. The Hall–Kier alpha value is -0.120. The van der Waals surface area contributed by atoms with Gasteiger partial charge < -0.3 is 10.6 Å². The largest absolute Gasteiger partial charge is 0.314 e. The number of hydrogen-bond acceptors (Lipinski definition) is 3. The first-order valence-corrected chi connectivity index (χ1v) is 6.54. The lowest BCUT2D eigenvalue weighted by Gasteiger charge is -2.30. The molecular formula is C12H27N3. The van der Waals surface area contributed by atoms with E-state index in [9.17, 15) is 0 Å². The lowest BCUT2D eigenvalue weighted by molar-refractivity contribution is 0.190. The standard InChI is InChI=1S/C12H27N3/c1-3-5-9-15-10-8-13-6-7-14-11-12(15)4-2/h12-14H,3-11H2,1-2H3. The molecule has 1 fully saturated rings. The summed E-state index contributed by atoms with van der Waals surface area (Å²) in [5.41, 5.74) is 0. The molecule has 1 saturated heterocycles. The van der Waals surface area contributed by atoms with Crippen LogP contribution in [-0.4, -0.2) is 50.2 Å². The van der Waals surface area contributed by atoms with Crippen molar-refractivity contribution in [3.05, 3.63) is 0 Å². The molecule has 0 aromatic heterocycles. The predicted octanol–water partition coefficient (Wildman–Crippen LogP) is 1.06. The molecule has 0 aromatic carbocycles. The fourth-order valence-corrected chi connectivity index (χ4v) is 2.16. The number of hydrogen-bond donors (Lipinski definition) is 2. The molecule has 1 heterocycles. The first-order valence-electron chi connectivity index (χ1n) is 6.54. The summed E-state index contributed by atoms with van der Waals surface area (Å²) in [6.45, 7) is 11.6. The molecule has 90 valence electrons. The molecule has 0 aliphatic carbocycles. The number of rotatable bonds is 4. The maximum Gasteiger partial charge on any atom is 0.0218 e. The Morgan fingerprint density at radius 2 is 1.93 bits per heavy atom. The number of nitrogens with zero attached hydrogens (tertiary/aromatic N) is 1. The number of nitrogens with one attached hydrogen (secondary N) is 2. The second-order valence-electron chi connectivity index (χ2n) is 4.41. The molecule has 1 aliphatic rings. The van der Waals surface area contributed by atoms with E-state index in [1.165, 1.54) is 32.4 Å². The van der Waals surface area contributed by atoms with E-state index in [0.29, 0.717) is 0 Å². The lowest BCUT2D eigenvalue weighted by Crippen LogP contribution is -2.43. The van der Waals surface area contributed by atoms with Crippen molar-refractivity contribution in [1.82, 2.24) is 15.5 Å². The Balaban J connectivity index is 2.41. The van der Waals surface area contributed by atoms with Gasteiger partial charge in [0, 0.05) is 38.8 Å². The number of unbranched alkanes of at least 4 members (excludes halogenated alkanes) is 1. The summed E-state index contributed by atoms with van der Waals surface area (Å²) in [6.07, 6.45) is 3.89. The minimum atomic E-state index is 0.733. The fraction of sp³-hybridized carbons (Fsp3) is 1.00. The topological polar surface area (TPSA) is 27.3 Å². The predicted molar refractivity (Wildman–Crippen MR) is 66.3 cm³/mol. The van der Waals surface area contributed by atoms with Crippen molar-refractivity contribution in [2.75, 3.05) is 39.3 Å². The van der Waals surface area contributed by atoms with Gasteiger partial charge in [0.2, 0.25) is 0 Å². The molecule has 1 unspecified atom stereocenters. The monoisotopic (exact) mass is 213 g/mol. The summed E-state index contributed by atoms with van der Waals surface area (Å²) >= 11 is 0. The first-order chi connectivity index (χ1) is 7.38. The average Bonchev–Trinajstić information content (AvgIpc) is 2.37. The van der Waals surface area contributed by atoms with Crippen LogP contribution in [0.4, 0.5) is 0 Å².